The van der Waals surface area contributed by atoms with Crippen molar-refractivity contribution >= 4 is 16.6 Å². The first-order valence-electron chi connectivity index (χ1n) is 7.60. The van der Waals surface area contributed by atoms with Gasteiger partial charge in [0.15, 0.2) is 0 Å². The Bertz CT molecular complexity index is 784. The third kappa shape index (κ3) is 2.32. The van der Waals surface area contributed by atoms with Crippen LogP contribution in [0.15, 0.2) is 42.9 Å². The Labute approximate surface area is 128 Å². The lowest BCUT2D eigenvalue weighted by atomic mass is 9.96. The van der Waals surface area contributed by atoms with Crippen molar-refractivity contribution in [1.29, 1.82) is 0 Å². The zero-order valence-corrected chi connectivity index (χ0v) is 12.2. The van der Waals surface area contributed by atoms with Crippen LogP contribution in [-0.4, -0.2) is 28.0 Å². The van der Waals surface area contributed by atoms with Crippen molar-refractivity contribution in [2.75, 3.05) is 18.0 Å². The Morgan fingerprint density at radius 2 is 2.14 bits per heavy atom. The molecule has 1 aliphatic rings. The van der Waals surface area contributed by atoms with E-state index in [4.69, 9.17) is 0 Å². The predicted molar refractivity (Wildman–Crippen MR) is 84.5 cm³/mol. The van der Waals surface area contributed by atoms with Gasteiger partial charge >= 0.3 is 0 Å². The molecule has 1 fully saturated rings. The Morgan fingerprint density at radius 1 is 1.18 bits per heavy atom. The molecule has 1 unspecified atom stereocenters. The van der Waals surface area contributed by atoms with E-state index in [1.807, 2.05) is 18.3 Å². The van der Waals surface area contributed by atoms with Crippen LogP contribution in [0.1, 0.15) is 24.6 Å². The number of nitrogens with one attached hydrogen (secondary N) is 1. The molecule has 2 aromatic heterocycles. The van der Waals surface area contributed by atoms with E-state index in [9.17, 15) is 4.39 Å². The first-order chi connectivity index (χ1) is 10.8. The minimum atomic E-state index is -0.246. The van der Waals surface area contributed by atoms with Crippen LogP contribution in [0.2, 0.25) is 0 Å². The number of piperidine rings is 1. The molecule has 0 amide bonds. The van der Waals surface area contributed by atoms with Crippen molar-refractivity contribution in [2.24, 2.45) is 0 Å². The fourth-order valence-electron chi connectivity index (χ4n) is 3.30. The van der Waals surface area contributed by atoms with Crippen molar-refractivity contribution in [3.8, 4) is 0 Å². The zero-order valence-electron chi connectivity index (χ0n) is 12.2. The molecule has 1 atom stereocenters. The Balaban J connectivity index is 1.69. The first kappa shape index (κ1) is 13.2. The van der Waals surface area contributed by atoms with E-state index in [0.717, 1.165) is 42.8 Å². The molecule has 3 aromatic rings. The van der Waals surface area contributed by atoms with Gasteiger partial charge in [0.2, 0.25) is 0 Å². The summed E-state index contributed by atoms with van der Waals surface area (Å²) < 4.78 is 13.4. The summed E-state index contributed by atoms with van der Waals surface area (Å²) in [6.07, 6.45) is 7.70. The third-order valence-electron chi connectivity index (χ3n) is 4.35. The van der Waals surface area contributed by atoms with Gasteiger partial charge in [0, 0.05) is 54.7 Å². The van der Waals surface area contributed by atoms with Gasteiger partial charge in [-0.25, -0.2) is 9.37 Å². The molecule has 3 heterocycles. The average Bonchev–Trinajstić information content (AvgIpc) is 3.08. The number of hydrogen-bond donors (Lipinski definition) is 1. The summed E-state index contributed by atoms with van der Waals surface area (Å²) in [5, 5.41) is 1.00. The van der Waals surface area contributed by atoms with E-state index in [1.54, 1.807) is 12.4 Å². The van der Waals surface area contributed by atoms with Crippen LogP contribution in [0, 0.1) is 5.82 Å². The smallest absolute Gasteiger partial charge is 0.125 e. The summed E-state index contributed by atoms with van der Waals surface area (Å²) in [4.78, 5) is 14.3. The average molecular weight is 296 g/mol. The molecule has 0 radical (unpaired) electrons. The fourth-order valence-corrected chi connectivity index (χ4v) is 3.30. The molecule has 0 spiro atoms. The highest BCUT2D eigenvalue weighted by atomic mass is 19.1. The van der Waals surface area contributed by atoms with Crippen molar-refractivity contribution in [3.05, 3.63) is 54.5 Å². The molecular weight excluding hydrogens is 279 g/mol. The molecule has 5 heteroatoms. The number of imidazole rings is 1. The van der Waals surface area contributed by atoms with E-state index in [-0.39, 0.29) is 5.82 Å². The predicted octanol–water partition coefficient (Wildman–Crippen LogP) is 3.48. The molecule has 1 N–H and O–H groups in total. The molecule has 1 saturated heterocycles. The summed E-state index contributed by atoms with van der Waals surface area (Å²) in [5.74, 6) is 1.21. The molecular formula is C17H17FN4. The SMILES string of the molecule is Fc1ccc2c(N3CCCC(c4ncc[nH]4)C3)ccnc2c1. The molecule has 0 saturated carbocycles. The maximum absolute atomic E-state index is 13.4. The quantitative estimate of drug-likeness (QED) is 0.787. The van der Waals surface area contributed by atoms with Gasteiger partial charge in [0.05, 0.1) is 5.52 Å². The summed E-state index contributed by atoms with van der Waals surface area (Å²) >= 11 is 0. The van der Waals surface area contributed by atoms with Crippen LogP contribution < -0.4 is 4.90 Å². The van der Waals surface area contributed by atoms with E-state index < -0.39 is 0 Å². The lowest BCUT2D eigenvalue weighted by Gasteiger charge is -2.34. The van der Waals surface area contributed by atoms with Gasteiger partial charge in [-0.1, -0.05) is 0 Å². The minimum Gasteiger partial charge on any atom is -0.370 e. The van der Waals surface area contributed by atoms with Crippen LogP contribution in [0.3, 0.4) is 0 Å². The number of H-pyrrole nitrogens is 1. The zero-order chi connectivity index (χ0) is 14.9. The van der Waals surface area contributed by atoms with Gasteiger partial charge in [-0.3, -0.25) is 4.98 Å². The van der Waals surface area contributed by atoms with Gasteiger partial charge in [0.25, 0.3) is 0 Å². The second-order valence-electron chi connectivity index (χ2n) is 5.75. The number of pyridine rings is 1. The Kier molecular flexibility index (Phi) is 3.25. The second kappa shape index (κ2) is 5.40. The number of hydrogen-bond acceptors (Lipinski definition) is 3. The summed E-state index contributed by atoms with van der Waals surface area (Å²) in [6, 6.07) is 6.84. The van der Waals surface area contributed by atoms with Crippen molar-refractivity contribution < 1.29 is 4.39 Å². The van der Waals surface area contributed by atoms with E-state index in [2.05, 4.69) is 19.9 Å². The number of nitrogens with zero attached hydrogens (tertiary/aromatic N) is 3. The highest BCUT2D eigenvalue weighted by molar-refractivity contribution is 5.91. The van der Waals surface area contributed by atoms with Gasteiger partial charge in [-0.05, 0) is 31.0 Å². The number of fused-ring (bicyclic) bond motifs is 1. The maximum atomic E-state index is 13.4. The Hall–Kier alpha value is -2.43. The van der Waals surface area contributed by atoms with Crippen molar-refractivity contribution in [2.45, 2.75) is 18.8 Å². The van der Waals surface area contributed by atoms with Crippen LogP contribution in [-0.2, 0) is 0 Å². The fraction of sp³-hybridized carbons (Fsp3) is 0.294. The second-order valence-corrected chi connectivity index (χ2v) is 5.75. The number of anilines is 1. The lowest BCUT2D eigenvalue weighted by Crippen LogP contribution is -2.34. The molecule has 1 aliphatic heterocycles. The highest BCUT2D eigenvalue weighted by Gasteiger charge is 2.24. The monoisotopic (exact) mass is 296 g/mol. The van der Waals surface area contributed by atoms with Crippen molar-refractivity contribution in [3.63, 3.8) is 0 Å². The minimum absolute atomic E-state index is 0.246. The maximum Gasteiger partial charge on any atom is 0.125 e. The number of aromatic nitrogens is 3. The van der Waals surface area contributed by atoms with E-state index >= 15 is 0 Å². The van der Waals surface area contributed by atoms with Gasteiger partial charge in [0.1, 0.15) is 11.6 Å². The van der Waals surface area contributed by atoms with Crippen molar-refractivity contribution in [1.82, 2.24) is 15.0 Å². The Morgan fingerprint density at radius 3 is 3.00 bits per heavy atom. The molecule has 0 aliphatic carbocycles. The molecule has 4 rings (SSSR count). The lowest BCUT2D eigenvalue weighted by molar-refractivity contribution is 0.495. The molecule has 0 bridgehead atoms. The summed E-state index contributed by atoms with van der Waals surface area (Å²) in [6.45, 7) is 1.93. The van der Waals surface area contributed by atoms with Crippen LogP contribution in [0.25, 0.3) is 10.9 Å². The highest BCUT2D eigenvalue weighted by Crippen LogP contribution is 2.32. The molecule has 1 aromatic carbocycles. The van der Waals surface area contributed by atoms with Gasteiger partial charge < -0.3 is 9.88 Å². The third-order valence-corrected chi connectivity index (χ3v) is 4.35. The summed E-state index contributed by atoms with van der Waals surface area (Å²) in [5.41, 5.74) is 1.83. The summed E-state index contributed by atoms with van der Waals surface area (Å²) in [7, 11) is 0. The van der Waals surface area contributed by atoms with E-state index in [1.165, 1.54) is 12.1 Å². The molecule has 112 valence electrons. The number of rotatable bonds is 2. The van der Waals surface area contributed by atoms with Gasteiger partial charge in [-0.15, -0.1) is 0 Å². The first-order valence-corrected chi connectivity index (χ1v) is 7.60. The molecule has 4 nitrogen and oxygen atoms in total. The number of benzene rings is 1. The van der Waals surface area contributed by atoms with Crippen LogP contribution in [0.5, 0.6) is 0 Å². The normalized spacial score (nSPS) is 18.8. The van der Waals surface area contributed by atoms with Crippen LogP contribution >= 0.6 is 0 Å². The van der Waals surface area contributed by atoms with Gasteiger partial charge in [-0.2, -0.15) is 0 Å². The number of halogens is 1. The number of aromatic amines is 1. The topological polar surface area (TPSA) is 44.8 Å². The largest absolute Gasteiger partial charge is 0.370 e. The van der Waals surface area contributed by atoms with E-state index in [0.29, 0.717) is 11.4 Å². The molecule has 22 heavy (non-hydrogen) atoms. The standard InChI is InChI=1S/C17H17FN4/c18-13-3-4-14-15(10-13)19-6-5-16(14)22-9-1-2-12(11-22)17-20-7-8-21-17/h3-8,10,12H,1-2,9,11H2,(H,20,21). The van der Waals surface area contributed by atoms with Crippen LogP contribution in [0.4, 0.5) is 10.1 Å².